The van der Waals surface area contributed by atoms with Crippen molar-refractivity contribution in [3.63, 3.8) is 0 Å². The molecule has 4 heterocycles. The molecule has 0 radical (unpaired) electrons. The second-order valence-electron chi connectivity index (χ2n) is 8.78. The van der Waals surface area contributed by atoms with Crippen LogP contribution in [-0.2, 0) is 14.4 Å². The van der Waals surface area contributed by atoms with Crippen LogP contribution in [0.4, 0.5) is 5.13 Å². The largest absolute Gasteiger partial charge is 0.483 e. The molecular weight excluding hydrogens is 404 g/mol. The average Bonchev–Trinajstić information content (AvgIpc) is 3.22. The monoisotopic (exact) mass is 434 g/mol. The molecule has 164 valence electrons. The minimum absolute atomic E-state index is 0.130. The Kier molecular flexibility index (Phi) is 6.55. The SMILES string of the molecule is O=C(NC[C@H]1[C@H]2C[C@H](CN(c3nccs3)C2)[C@@H]2CCCC(=O)N21)C1CCC1.O=CO. The number of rotatable bonds is 4. The van der Waals surface area contributed by atoms with E-state index in [9.17, 15) is 9.59 Å². The van der Waals surface area contributed by atoms with Crippen molar-refractivity contribution in [2.75, 3.05) is 24.5 Å². The molecule has 3 saturated heterocycles. The molecule has 3 aliphatic heterocycles. The van der Waals surface area contributed by atoms with Gasteiger partial charge in [-0.25, -0.2) is 4.98 Å². The fraction of sp³-hybridized carbons (Fsp3) is 0.714. The van der Waals surface area contributed by atoms with Gasteiger partial charge in [-0.1, -0.05) is 6.42 Å². The van der Waals surface area contributed by atoms with Gasteiger partial charge in [0.05, 0.1) is 6.04 Å². The fourth-order valence-electron chi connectivity index (χ4n) is 5.59. The van der Waals surface area contributed by atoms with Crippen molar-refractivity contribution in [1.29, 1.82) is 0 Å². The van der Waals surface area contributed by atoms with E-state index in [4.69, 9.17) is 9.90 Å². The minimum Gasteiger partial charge on any atom is -0.483 e. The number of hydrogen-bond acceptors (Lipinski definition) is 6. The number of amides is 2. The number of thiazole rings is 1. The average molecular weight is 435 g/mol. The van der Waals surface area contributed by atoms with Crippen molar-refractivity contribution >= 4 is 34.8 Å². The van der Waals surface area contributed by atoms with E-state index in [2.05, 4.69) is 20.1 Å². The molecule has 1 saturated carbocycles. The Balaban J connectivity index is 0.000000687. The highest BCUT2D eigenvalue weighted by atomic mass is 32.1. The highest BCUT2D eigenvalue weighted by Crippen LogP contribution is 2.42. The van der Waals surface area contributed by atoms with Crippen molar-refractivity contribution in [2.45, 2.75) is 57.0 Å². The maximum atomic E-state index is 12.8. The molecule has 4 aliphatic rings. The first kappa shape index (κ1) is 21.1. The van der Waals surface area contributed by atoms with Gasteiger partial charge in [-0.15, -0.1) is 11.3 Å². The third-order valence-electron chi connectivity index (χ3n) is 7.15. The molecule has 0 spiro atoms. The van der Waals surface area contributed by atoms with Crippen LogP contribution in [0.25, 0.3) is 0 Å². The van der Waals surface area contributed by atoms with E-state index in [1.54, 1.807) is 11.3 Å². The molecular formula is C21H30N4O4S. The first-order valence-electron chi connectivity index (χ1n) is 10.9. The van der Waals surface area contributed by atoms with E-state index >= 15 is 0 Å². The Labute approximate surface area is 180 Å². The van der Waals surface area contributed by atoms with E-state index in [0.717, 1.165) is 43.9 Å². The topological polar surface area (TPSA) is 103 Å². The second kappa shape index (κ2) is 9.32. The van der Waals surface area contributed by atoms with Crippen LogP contribution >= 0.6 is 11.3 Å². The van der Waals surface area contributed by atoms with Crippen LogP contribution in [0.3, 0.4) is 0 Å². The maximum Gasteiger partial charge on any atom is 0.290 e. The van der Waals surface area contributed by atoms with Gasteiger partial charge in [0.1, 0.15) is 0 Å². The predicted molar refractivity (Wildman–Crippen MR) is 113 cm³/mol. The molecule has 1 aromatic rings. The van der Waals surface area contributed by atoms with E-state index in [-0.39, 0.29) is 24.3 Å². The van der Waals surface area contributed by atoms with Gasteiger partial charge in [0.25, 0.3) is 6.47 Å². The molecule has 30 heavy (non-hydrogen) atoms. The number of carboxylic acid groups (broad SMARTS) is 1. The molecule has 9 heteroatoms. The summed E-state index contributed by atoms with van der Waals surface area (Å²) in [6.45, 7) is 2.30. The van der Waals surface area contributed by atoms with Gasteiger partial charge in [-0.3, -0.25) is 14.4 Å². The number of carbonyl (C=O) groups excluding carboxylic acids is 2. The van der Waals surface area contributed by atoms with Crippen LogP contribution in [-0.4, -0.2) is 65.0 Å². The van der Waals surface area contributed by atoms with Crippen LogP contribution in [0.15, 0.2) is 11.6 Å². The Morgan fingerprint density at radius 2 is 2.03 bits per heavy atom. The summed E-state index contributed by atoms with van der Waals surface area (Å²) in [5.41, 5.74) is 0. The summed E-state index contributed by atoms with van der Waals surface area (Å²) in [6.07, 6.45) is 9.01. The van der Waals surface area contributed by atoms with Crippen molar-refractivity contribution in [1.82, 2.24) is 15.2 Å². The summed E-state index contributed by atoms with van der Waals surface area (Å²) in [5.74, 6) is 1.62. The van der Waals surface area contributed by atoms with E-state index in [1.807, 2.05) is 11.6 Å². The summed E-state index contributed by atoms with van der Waals surface area (Å²) < 4.78 is 0. The molecule has 0 unspecified atom stereocenters. The Morgan fingerprint density at radius 3 is 2.70 bits per heavy atom. The van der Waals surface area contributed by atoms with Crippen molar-refractivity contribution < 1.29 is 19.5 Å². The summed E-state index contributed by atoms with van der Waals surface area (Å²) in [5, 5.41) is 13.2. The highest BCUT2D eigenvalue weighted by Gasteiger charge is 2.49. The molecule has 4 fully saturated rings. The van der Waals surface area contributed by atoms with Crippen LogP contribution in [0, 0.1) is 17.8 Å². The summed E-state index contributed by atoms with van der Waals surface area (Å²) >= 11 is 1.70. The fourth-order valence-corrected chi connectivity index (χ4v) is 6.25. The Bertz CT molecular complexity index is 754. The number of carbonyl (C=O) groups is 3. The van der Waals surface area contributed by atoms with Crippen molar-refractivity contribution in [2.24, 2.45) is 17.8 Å². The van der Waals surface area contributed by atoms with Crippen molar-refractivity contribution in [3.05, 3.63) is 11.6 Å². The van der Waals surface area contributed by atoms with E-state index in [1.165, 1.54) is 12.8 Å². The number of hydrogen-bond donors (Lipinski definition) is 2. The van der Waals surface area contributed by atoms with Crippen molar-refractivity contribution in [3.8, 4) is 0 Å². The molecule has 1 aliphatic carbocycles. The van der Waals surface area contributed by atoms with Gasteiger partial charge in [0.15, 0.2) is 5.13 Å². The first-order valence-corrected chi connectivity index (χ1v) is 11.8. The lowest BCUT2D eigenvalue weighted by Gasteiger charge is -2.56. The quantitative estimate of drug-likeness (QED) is 0.703. The van der Waals surface area contributed by atoms with Crippen LogP contribution < -0.4 is 10.2 Å². The third kappa shape index (κ3) is 4.17. The second-order valence-corrected chi connectivity index (χ2v) is 9.65. The first-order chi connectivity index (χ1) is 14.6. The molecule has 2 bridgehead atoms. The zero-order chi connectivity index (χ0) is 21.1. The summed E-state index contributed by atoms with van der Waals surface area (Å²) in [6, 6.07) is 0.460. The zero-order valence-electron chi connectivity index (χ0n) is 17.1. The summed E-state index contributed by atoms with van der Waals surface area (Å²) in [4.78, 5) is 42.7. The lowest BCUT2D eigenvalue weighted by Crippen LogP contribution is -2.67. The smallest absolute Gasteiger partial charge is 0.290 e. The lowest BCUT2D eigenvalue weighted by molar-refractivity contribution is -0.149. The normalized spacial score (nSPS) is 30.5. The van der Waals surface area contributed by atoms with Gasteiger partial charge >= 0.3 is 0 Å². The zero-order valence-corrected chi connectivity index (χ0v) is 17.9. The molecule has 2 amide bonds. The molecule has 8 nitrogen and oxygen atoms in total. The van der Waals surface area contributed by atoms with Gasteiger partial charge in [0.2, 0.25) is 11.8 Å². The third-order valence-corrected chi connectivity index (χ3v) is 7.98. The highest BCUT2D eigenvalue weighted by molar-refractivity contribution is 7.13. The Hall–Kier alpha value is -2.16. The van der Waals surface area contributed by atoms with Gasteiger partial charge < -0.3 is 20.2 Å². The molecule has 4 atom stereocenters. The standard InChI is InChI=1S/C20H28N4O2S.CH2O2/c25-18-6-2-5-16-14-9-15(12-23(11-14)20-21-7-8-27-20)17(24(16)18)10-22-19(26)13-3-1-4-13;2-1-3/h7-8,13-17H,1-6,9-12H2,(H,22,26);1H,(H,2,3)/t14-,15+,16+,17+;/m1./s1. The molecule has 0 aromatic carbocycles. The summed E-state index contributed by atoms with van der Waals surface area (Å²) in [7, 11) is 0. The minimum atomic E-state index is -0.250. The maximum absolute atomic E-state index is 12.8. The number of aromatic nitrogens is 1. The van der Waals surface area contributed by atoms with Crippen LogP contribution in [0.1, 0.15) is 44.9 Å². The van der Waals surface area contributed by atoms with Gasteiger partial charge in [-0.05, 0) is 43.9 Å². The Morgan fingerprint density at radius 1 is 1.27 bits per heavy atom. The number of nitrogens with zero attached hydrogens (tertiary/aromatic N) is 3. The van der Waals surface area contributed by atoms with Crippen LogP contribution in [0.5, 0.6) is 0 Å². The molecule has 1 aromatic heterocycles. The number of fused-ring (bicyclic) bond motifs is 4. The number of nitrogens with one attached hydrogen (secondary N) is 1. The van der Waals surface area contributed by atoms with E-state index in [0.29, 0.717) is 36.8 Å². The van der Waals surface area contributed by atoms with Gasteiger partial charge in [0, 0.05) is 49.6 Å². The molecule has 5 rings (SSSR count). The number of anilines is 1. The number of piperidine rings is 3. The lowest BCUT2D eigenvalue weighted by atomic mass is 9.72. The molecule has 2 N–H and O–H groups in total. The van der Waals surface area contributed by atoms with E-state index < -0.39 is 0 Å². The predicted octanol–water partition coefficient (Wildman–Crippen LogP) is 1.97. The van der Waals surface area contributed by atoms with Crippen LogP contribution in [0.2, 0.25) is 0 Å². The van der Waals surface area contributed by atoms with Gasteiger partial charge in [-0.2, -0.15) is 0 Å².